The van der Waals surface area contributed by atoms with Gasteiger partial charge in [0.25, 0.3) is 5.91 Å². The summed E-state index contributed by atoms with van der Waals surface area (Å²) in [4.78, 5) is 27.4. The van der Waals surface area contributed by atoms with Gasteiger partial charge in [-0.05, 0) is 78.0 Å². The van der Waals surface area contributed by atoms with E-state index >= 15 is 0 Å². The third-order valence-electron chi connectivity index (χ3n) is 5.06. The van der Waals surface area contributed by atoms with Crippen molar-refractivity contribution in [1.29, 1.82) is 0 Å². The standard InChI is InChI=1S/C25H33BrN2O4/c1-16(2)20-10-11-23(22(26)13-20)32-15-24(29)28(18(5)25(30)27-17(3)4)14-19-8-7-9-21(12-19)31-6/h7-13,16-18H,14-15H2,1-6H3,(H,27,30)/t18-/m1/s1. The van der Waals surface area contributed by atoms with Gasteiger partial charge in [-0.2, -0.15) is 0 Å². The Hall–Kier alpha value is -2.54. The molecule has 7 heteroatoms. The summed E-state index contributed by atoms with van der Waals surface area (Å²) in [6.45, 7) is 9.82. The van der Waals surface area contributed by atoms with Gasteiger partial charge in [0.15, 0.2) is 6.61 Å². The molecule has 2 amide bonds. The zero-order valence-corrected chi connectivity index (χ0v) is 21.2. The molecule has 174 valence electrons. The van der Waals surface area contributed by atoms with E-state index in [1.807, 2.05) is 56.3 Å². The first kappa shape index (κ1) is 25.7. The Morgan fingerprint density at radius 1 is 1.06 bits per heavy atom. The van der Waals surface area contributed by atoms with Gasteiger partial charge < -0.3 is 19.7 Å². The minimum atomic E-state index is -0.661. The van der Waals surface area contributed by atoms with Crippen LogP contribution in [0.15, 0.2) is 46.9 Å². The SMILES string of the molecule is COc1cccc(CN(C(=O)COc2ccc(C(C)C)cc2Br)[C@H](C)C(=O)NC(C)C)c1. The van der Waals surface area contributed by atoms with E-state index in [1.54, 1.807) is 14.0 Å². The maximum Gasteiger partial charge on any atom is 0.261 e. The molecule has 0 bridgehead atoms. The summed E-state index contributed by atoms with van der Waals surface area (Å²) in [5.41, 5.74) is 2.04. The van der Waals surface area contributed by atoms with E-state index in [0.29, 0.717) is 17.4 Å². The number of methoxy groups -OCH3 is 1. The van der Waals surface area contributed by atoms with E-state index in [2.05, 4.69) is 35.1 Å². The highest BCUT2D eigenvalue weighted by Crippen LogP contribution is 2.29. The Balaban J connectivity index is 2.19. The van der Waals surface area contributed by atoms with Crippen molar-refractivity contribution in [2.75, 3.05) is 13.7 Å². The minimum absolute atomic E-state index is 0.0228. The van der Waals surface area contributed by atoms with E-state index in [4.69, 9.17) is 9.47 Å². The van der Waals surface area contributed by atoms with Crippen LogP contribution in [-0.4, -0.2) is 42.5 Å². The topological polar surface area (TPSA) is 67.9 Å². The Morgan fingerprint density at radius 3 is 2.38 bits per heavy atom. The normalized spacial score (nSPS) is 11.9. The van der Waals surface area contributed by atoms with Crippen LogP contribution >= 0.6 is 15.9 Å². The third-order valence-corrected chi connectivity index (χ3v) is 5.68. The number of nitrogens with zero attached hydrogens (tertiary/aromatic N) is 1. The number of ether oxygens (including phenoxy) is 2. The fraction of sp³-hybridized carbons (Fsp3) is 0.440. The van der Waals surface area contributed by atoms with Crippen LogP contribution in [0, 0.1) is 0 Å². The summed E-state index contributed by atoms with van der Waals surface area (Å²) in [6.07, 6.45) is 0. The Labute approximate surface area is 199 Å². The van der Waals surface area contributed by atoms with Crippen LogP contribution in [0.2, 0.25) is 0 Å². The average Bonchev–Trinajstić information content (AvgIpc) is 2.75. The largest absolute Gasteiger partial charge is 0.497 e. The Kier molecular flexibility index (Phi) is 9.57. The number of carbonyl (C=O) groups excluding carboxylic acids is 2. The molecule has 6 nitrogen and oxygen atoms in total. The molecule has 0 aliphatic carbocycles. The summed E-state index contributed by atoms with van der Waals surface area (Å²) in [6, 6.07) is 12.6. The van der Waals surface area contributed by atoms with Crippen LogP contribution in [-0.2, 0) is 16.1 Å². The molecule has 0 radical (unpaired) electrons. The van der Waals surface area contributed by atoms with Gasteiger partial charge in [-0.25, -0.2) is 0 Å². The van der Waals surface area contributed by atoms with E-state index in [1.165, 1.54) is 10.5 Å². The summed E-state index contributed by atoms with van der Waals surface area (Å²) < 4.78 is 11.9. The van der Waals surface area contributed by atoms with Crippen molar-refractivity contribution < 1.29 is 19.1 Å². The second kappa shape index (κ2) is 11.9. The second-order valence-corrected chi connectivity index (χ2v) is 9.20. The summed E-state index contributed by atoms with van der Waals surface area (Å²) in [7, 11) is 1.59. The number of amides is 2. The fourth-order valence-electron chi connectivity index (χ4n) is 3.17. The molecule has 1 atom stereocenters. The van der Waals surface area contributed by atoms with Crippen molar-refractivity contribution in [1.82, 2.24) is 10.2 Å². The van der Waals surface area contributed by atoms with E-state index in [0.717, 1.165) is 10.0 Å². The van der Waals surface area contributed by atoms with Gasteiger partial charge in [0.2, 0.25) is 5.91 Å². The highest BCUT2D eigenvalue weighted by atomic mass is 79.9. The van der Waals surface area contributed by atoms with Crippen LogP contribution < -0.4 is 14.8 Å². The average molecular weight is 505 g/mol. The van der Waals surface area contributed by atoms with Gasteiger partial charge in [0, 0.05) is 12.6 Å². The zero-order chi connectivity index (χ0) is 23.8. The molecule has 0 saturated heterocycles. The van der Waals surface area contributed by atoms with E-state index in [9.17, 15) is 9.59 Å². The lowest BCUT2D eigenvalue weighted by Gasteiger charge is -2.29. The van der Waals surface area contributed by atoms with E-state index in [-0.39, 0.29) is 31.0 Å². The number of rotatable bonds is 10. The number of halogens is 1. The highest BCUT2D eigenvalue weighted by Gasteiger charge is 2.27. The number of nitrogens with one attached hydrogen (secondary N) is 1. The number of hydrogen-bond acceptors (Lipinski definition) is 4. The molecule has 1 N–H and O–H groups in total. The molecule has 0 aliphatic rings. The smallest absolute Gasteiger partial charge is 0.261 e. The second-order valence-electron chi connectivity index (χ2n) is 8.35. The van der Waals surface area contributed by atoms with Crippen LogP contribution in [0.1, 0.15) is 51.7 Å². The molecule has 2 aromatic rings. The molecule has 0 fully saturated rings. The monoisotopic (exact) mass is 504 g/mol. The van der Waals surface area contributed by atoms with Crippen molar-refractivity contribution in [3.8, 4) is 11.5 Å². The van der Waals surface area contributed by atoms with Crippen LogP contribution in [0.3, 0.4) is 0 Å². The molecule has 0 heterocycles. The molecule has 32 heavy (non-hydrogen) atoms. The van der Waals surface area contributed by atoms with Gasteiger partial charge >= 0.3 is 0 Å². The number of benzene rings is 2. The van der Waals surface area contributed by atoms with E-state index < -0.39 is 6.04 Å². The van der Waals surface area contributed by atoms with Crippen LogP contribution in [0.25, 0.3) is 0 Å². The van der Waals surface area contributed by atoms with Crippen molar-refractivity contribution in [2.24, 2.45) is 0 Å². The van der Waals surface area contributed by atoms with Crippen molar-refractivity contribution in [3.05, 3.63) is 58.1 Å². The maximum atomic E-state index is 13.2. The van der Waals surface area contributed by atoms with Gasteiger partial charge in [0.05, 0.1) is 11.6 Å². The maximum absolute atomic E-state index is 13.2. The van der Waals surface area contributed by atoms with Crippen LogP contribution in [0.5, 0.6) is 11.5 Å². The molecule has 2 aromatic carbocycles. The summed E-state index contributed by atoms with van der Waals surface area (Å²) in [5.74, 6) is 1.18. The highest BCUT2D eigenvalue weighted by molar-refractivity contribution is 9.10. The third kappa shape index (κ3) is 7.26. The first-order chi connectivity index (χ1) is 15.1. The van der Waals surface area contributed by atoms with Gasteiger partial charge in [-0.3, -0.25) is 9.59 Å². The zero-order valence-electron chi connectivity index (χ0n) is 19.6. The number of carbonyl (C=O) groups is 2. The lowest BCUT2D eigenvalue weighted by atomic mass is 10.0. The molecule has 0 aromatic heterocycles. The quantitative estimate of drug-likeness (QED) is 0.499. The Morgan fingerprint density at radius 2 is 1.78 bits per heavy atom. The van der Waals surface area contributed by atoms with Crippen LogP contribution in [0.4, 0.5) is 0 Å². The van der Waals surface area contributed by atoms with Gasteiger partial charge in [0.1, 0.15) is 17.5 Å². The lowest BCUT2D eigenvalue weighted by Crippen LogP contribution is -2.50. The number of hydrogen-bond donors (Lipinski definition) is 1. The summed E-state index contributed by atoms with van der Waals surface area (Å²) >= 11 is 3.52. The molecular formula is C25H33BrN2O4. The minimum Gasteiger partial charge on any atom is -0.497 e. The predicted molar refractivity (Wildman–Crippen MR) is 130 cm³/mol. The van der Waals surface area contributed by atoms with Gasteiger partial charge in [-0.15, -0.1) is 0 Å². The van der Waals surface area contributed by atoms with Crippen molar-refractivity contribution in [3.63, 3.8) is 0 Å². The van der Waals surface area contributed by atoms with Crippen molar-refractivity contribution in [2.45, 2.75) is 59.2 Å². The molecular weight excluding hydrogens is 472 g/mol. The van der Waals surface area contributed by atoms with Gasteiger partial charge in [-0.1, -0.05) is 32.0 Å². The predicted octanol–water partition coefficient (Wildman–Crippen LogP) is 4.90. The molecule has 0 unspecified atom stereocenters. The first-order valence-electron chi connectivity index (χ1n) is 10.8. The molecule has 0 aliphatic heterocycles. The van der Waals surface area contributed by atoms with Crippen molar-refractivity contribution >= 4 is 27.7 Å². The fourth-order valence-corrected chi connectivity index (χ4v) is 3.68. The molecule has 0 spiro atoms. The molecule has 2 rings (SSSR count). The summed E-state index contributed by atoms with van der Waals surface area (Å²) in [5, 5.41) is 2.88. The Bertz CT molecular complexity index is 930. The lowest BCUT2D eigenvalue weighted by molar-refractivity contribution is -0.142. The molecule has 0 saturated carbocycles. The first-order valence-corrected chi connectivity index (χ1v) is 11.6.